The molecule has 0 amide bonds. The van der Waals surface area contributed by atoms with Gasteiger partial charge in [0.15, 0.2) is 23.3 Å². The zero-order chi connectivity index (χ0) is 73.7. The normalized spacial score (nSPS) is 11.8. The Kier molecular flexibility index (Phi) is 15.1. The second-order valence-corrected chi connectivity index (χ2v) is 28.6. The summed E-state index contributed by atoms with van der Waals surface area (Å²) in [5.74, 6) is 2.41. The molecule has 0 atom stereocenters. The molecule has 522 valence electrons. The third-order valence-corrected chi connectivity index (χ3v) is 22.0. The van der Waals surface area contributed by atoms with Gasteiger partial charge in [0.2, 0.25) is 0 Å². The van der Waals surface area contributed by atoms with Gasteiger partial charge in [-0.2, -0.15) is 0 Å². The lowest BCUT2D eigenvalue weighted by atomic mass is 9.96. The maximum atomic E-state index is 6.67. The lowest BCUT2D eigenvalue weighted by Crippen LogP contribution is -2.00. The third-order valence-electron chi connectivity index (χ3n) is 22.0. The van der Waals surface area contributed by atoms with Gasteiger partial charge in [0.25, 0.3) is 0 Å². The Bertz CT molecular complexity index is 7400. The Balaban J connectivity index is 0.617. The van der Waals surface area contributed by atoms with Crippen LogP contribution in [0.15, 0.2) is 391 Å². The molecule has 9 nitrogen and oxygen atoms in total. The van der Waals surface area contributed by atoms with E-state index in [2.05, 4.69) is 312 Å². The summed E-state index contributed by atoms with van der Waals surface area (Å²) >= 11 is 0. The van der Waals surface area contributed by atoms with Crippen LogP contribution in [0.25, 0.3) is 223 Å². The molecule has 0 saturated carbocycles. The summed E-state index contributed by atoms with van der Waals surface area (Å²) in [7, 11) is 0. The van der Waals surface area contributed by atoms with Crippen LogP contribution in [0.4, 0.5) is 0 Å². The molecule has 0 aliphatic heterocycles. The van der Waals surface area contributed by atoms with Gasteiger partial charge in [0.05, 0.1) is 33.5 Å². The van der Waals surface area contributed by atoms with Crippen molar-refractivity contribution in [2.45, 2.75) is 0 Å². The predicted molar refractivity (Wildman–Crippen MR) is 458 cm³/mol. The maximum Gasteiger partial charge on any atom is 0.164 e. The van der Waals surface area contributed by atoms with E-state index in [1.807, 2.05) is 78.9 Å². The second-order valence-electron chi connectivity index (χ2n) is 28.6. The highest BCUT2D eigenvalue weighted by atomic mass is 16.3. The van der Waals surface area contributed by atoms with Gasteiger partial charge < -0.3 is 18.0 Å². The third kappa shape index (κ3) is 11.0. The minimum Gasteiger partial charge on any atom is -0.456 e. The molecular weight excluding hydrogens is 1370 g/mol. The van der Waals surface area contributed by atoms with Gasteiger partial charge in [-0.1, -0.05) is 273 Å². The van der Waals surface area contributed by atoms with E-state index < -0.39 is 0 Å². The molecule has 22 aromatic rings. The van der Waals surface area contributed by atoms with E-state index in [4.69, 9.17) is 33.8 Å². The molecule has 0 spiro atoms. The predicted octanol–water partition coefficient (Wildman–Crippen LogP) is 27.0. The van der Waals surface area contributed by atoms with Crippen LogP contribution >= 0.6 is 0 Å². The van der Waals surface area contributed by atoms with Gasteiger partial charge in [-0.25, -0.2) is 24.9 Å². The highest BCUT2D eigenvalue weighted by Crippen LogP contribution is 2.45. The zero-order valence-corrected chi connectivity index (χ0v) is 60.3. The Hall–Kier alpha value is -15.2. The molecule has 0 N–H and O–H groups in total. The van der Waals surface area contributed by atoms with E-state index in [-0.39, 0.29) is 0 Å². The first-order chi connectivity index (χ1) is 55.5. The Morgan fingerprint density at radius 3 is 1.16 bits per heavy atom. The first kappa shape index (κ1) is 64.0. The van der Waals surface area contributed by atoms with Crippen LogP contribution in [0.1, 0.15) is 0 Å². The number of nitrogens with zero attached hydrogens (tertiary/aromatic N) is 7. The molecule has 0 bridgehead atoms. The summed E-state index contributed by atoms with van der Waals surface area (Å²) in [6, 6.07) is 135. The van der Waals surface area contributed by atoms with Crippen LogP contribution in [0, 0.1) is 0 Å². The van der Waals surface area contributed by atoms with Crippen LogP contribution in [0.2, 0.25) is 0 Å². The summed E-state index contributed by atoms with van der Waals surface area (Å²) in [5, 5.41) is 8.75. The number of para-hydroxylation sites is 2. The number of hydrogen-bond acceptors (Lipinski definition) is 7. The van der Waals surface area contributed by atoms with Crippen molar-refractivity contribution < 1.29 is 8.83 Å². The summed E-state index contributed by atoms with van der Waals surface area (Å²) in [5.41, 5.74) is 28.2. The fourth-order valence-corrected chi connectivity index (χ4v) is 16.6. The van der Waals surface area contributed by atoms with E-state index >= 15 is 0 Å². The van der Waals surface area contributed by atoms with E-state index in [9.17, 15) is 0 Å². The minimum atomic E-state index is 0.573. The maximum absolute atomic E-state index is 6.67. The van der Waals surface area contributed by atoms with Gasteiger partial charge in [-0.3, -0.25) is 0 Å². The topological polar surface area (TPSA) is 101 Å². The monoisotopic (exact) mass is 1430 g/mol. The highest BCUT2D eigenvalue weighted by molar-refractivity contribution is 6.17. The average molecular weight is 1430 g/mol. The first-order valence-corrected chi connectivity index (χ1v) is 37.7. The summed E-state index contributed by atoms with van der Waals surface area (Å²) < 4.78 is 18.1. The van der Waals surface area contributed by atoms with Crippen molar-refractivity contribution in [1.82, 2.24) is 34.1 Å². The number of aromatic nitrogens is 7. The molecule has 0 aliphatic rings. The molecule has 16 aromatic carbocycles. The molecule has 0 radical (unpaired) electrons. The van der Waals surface area contributed by atoms with Crippen LogP contribution in [0.3, 0.4) is 0 Å². The molecule has 0 aliphatic carbocycles. The Morgan fingerprint density at radius 2 is 0.554 bits per heavy atom. The zero-order valence-electron chi connectivity index (χ0n) is 60.3. The van der Waals surface area contributed by atoms with Crippen LogP contribution < -0.4 is 0 Å². The molecule has 6 heterocycles. The van der Waals surface area contributed by atoms with E-state index in [0.29, 0.717) is 23.3 Å². The van der Waals surface area contributed by atoms with Crippen LogP contribution in [0.5, 0.6) is 0 Å². The summed E-state index contributed by atoms with van der Waals surface area (Å²) in [4.78, 5) is 26.1. The summed E-state index contributed by atoms with van der Waals surface area (Å²) in [6.07, 6.45) is 0. The highest BCUT2D eigenvalue weighted by Gasteiger charge is 2.23. The van der Waals surface area contributed by atoms with Gasteiger partial charge in [-0.05, 0) is 165 Å². The van der Waals surface area contributed by atoms with Crippen molar-refractivity contribution in [3.63, 3.8) is 0 Å². The van der Waals surface area contributed by atoms with Gasteiger partial charge in [0.1, 0.15) is 22.3 Å². The van der Waals surface area contributed by atoms with Gasteiger partial charge in [0, 0.05) is 87.8 Å². The number of fused-ring (bicyclic) bond motifs is 12. The van der Waals surface area contributed by atoms with Crippen molar-refractivity contribution in [2.24, 2.45) is 0 Å². The molecule has 112 heavy (non-hydrogen) atoms. The van der Waals surface area contributed by atoms with Crippen molar-refractivity contribution in [1.29, 1.82) is 0 Å². The van der Waals surface area contributed by atoms with Crippen molar-refractivity contribution in [2.75, 3.05) is 0 Å². The average Bonchev–Trinajstić information content (AvgIpc) is 1.65. The number of rotatable bonds is 13. The van der Waals surface area contributed by atoms with Crippen molar-refractivity contribution in [3.8, 4) is 135 Å². The summed E-state index contributed by atoms with van der Waals surface area (Å²) in [6.45, 7) is 0. The van der Waals surface area contributed by atoms with Gasteiger partial charge >= 0.3 is 0 Å². The van der Waals surface area contributed by atoms with Crippen molar-refractivity contribution in [3.05, 3.63) is 382 Å². The Morgan fingerprint density at radius 1 is 0.179 bits per heavy atom. The fraction of sp³-hybridized carbons (Fsp3) is 0. The smallest absolute Gasteiger partial charge is 0.164 e. The number of furan rings is 2. The molecule has 0 saturated heterocycles. The van der Waals surface area contributed by atoms with Crippen LogP contribution in [-0.2, 0) is 0 Å². The Labute approximate surface area is 643 Å². The SMILES string of the molecule is c1ccc(-c2ccc(-n3c4ccc(-c5ccc6oc7cccc(-c8nc(-c9ccccc9)nc(-c9ccccc9)n8)c7c6c5)cc4c4ccc(-c5ccc(-c6cc(-c7ccccc7)nc(-c7cccc(-c8cccc9oc%10ccc(-c%11ccc%12c(c%11)c%11ccccc%11n%12-c%11ccccc%11)cc%10c89)c7)n6)cc5)cc43)cc2)cc1. The van der Waals surface area contributed by atoms with E-state index in [1.54, 1.807) is 0 Å². The molecule has 0 fully saturated rings. The standard InChI is InChI=1S/C103H63N7O2/c1-6-21-64(22-7-1)65-43-50-79(51-44-65)110-92-54-47-72(74-49-56-95-87(61-74)99-83(35-20-38-97(99)112-95)103-107-100(69-25-10-3-11-26-69)106-101(108-103)70-27-12-4-13-28-70)59-85(92)82-52-45-75(62-93(82)110)66-39-41-68(42-40-66)89-63-88(67-23-8-2-9-24-67)104-102(105-89)77-30-18-29-76(57-77)80-34-19-37-96-98(80)86-60-73(48-55-94(86)111-96)71-46-53-91-84(58-71)81-33-16-17-36-90(81)109(91)78-31-14-5-15-32-78/h1-63H. The molecule has 6 aromatic heterocycles. The fourth-order valence-electron chi connectivity index (χ4n) is 16.6. The van der Waals surface area contributed by atoms with E-state index in [0.717, 1.165) is 172 Å². The van der Waals surface area contributed by atoms with E-state index in [1.165, 1.54) is 27.4 Å². The molecule has 22 rings (SSSR count). The number of hydrogen-bond donors (Lipinski definition) is 0. The number of benzene rings is 16. The first-order valence-electron chi connectivity index (χ1n) is 37.7. The molecular formula is C103H63N7O2. The lowest BCUT2D eigenvalue weighted by Gasteiger charge is -2.12. The lowest BCUT2D eigenvalue weighted by molar-refractivity contribution is 0.668. The molecule has 9 heteroatoms. The van der Waals surface area contributed by atoms with Crippen molar-refractivity contribution >= 4 is 87.5 Å². The van der Waals surface area contributed by atoms with Gasteiger partial charge in [-0.15, -0.1) is 0 Å². The quantitative estimate of drug-likeness (QED) is 0.113. The molecule has 0 unspecified atom stereocenters. The van der Waals surface area contributed by atoms with Crippen LogP contribution in [-0.4, -0.2) is 34.1 Å². The minimum absolute atomic E-state index is 0.573. The second kappa shape index (κ2) is 26.3. The largest absolute Gasteiger partial charge is 0.456 e.